The van der Waals surface area contributed by atoms with Crippen molar-refractivity contribution in [1.29, 1.82) is 0 Å². The van der Waals surface area contributed by atoms with E-state index in [-0.39, 0.29) is 24.0 Å². The van der Waals surface area contributed by atoms with E-state index >= 15 is 0 Å². The standard InChI is InChI=1S/C20H18N4O3S/c1-20(2)8-13-15(10-27-20)28-18-16(13)17-22-19(23-24(17)11-21-18)26-9-14(25)12-6-4-3-5-7-12/h3-7,11H,8-10H2,1-2H3. The van der Waals surface area contributed by atoms with Crippen molar-refractivity contribution < 1.29 is 14.3 Å². The number of thiophene rings is 1. The van der Waals surface area contributed by atoms with E-state index < -0.39 is 0 Å². The van der Waals surface area contributed by atoms with E-state index in [4.69, 9.17) is 9.47 Å². The third-order valence-electron chi connectivity index (χ3n) is 4.82. The normalized spacial score (nSPS) is 15.6. The number of carbonyl (C=O) groups is 1. The van der Waals surface area contributed by atoms with Gasteiger partial charge >= 0.3 is 6.01 Å². The number of carbonyl (C=O) groups excluding carboxylic acids is 1. The van der Waals surface area contributed by atoms with E-state index in [0.717, 1.165) is 16.6 Å². The van der Waals surface area contributed by atoms with Gasteiger partial charge in [-0.3, -0.25) is 4.79 Å². The summed E-state index contributed by atoms with van der Waals surface area (Å²) in [6.07, 6.45) is 2.42. The minimum absolute atomic E-state index is 0.111. The minimum atomic E-state index is -0.227. The number of fused-ring (bicyclic) bond motifs is 5. The Morgan fingerprint density at radius 2 is 2.14 bits per heavy atom. The van der Waals surface area contributed by atoms with Crippen LogP contribution in [0.1, 0.15) is 34.6 Å². The van der Waals surface area contributed by atoms with Gasteiger partial charge in [-0.25, -0.2) is 4.98 Å². The van der Waals surface area contributed by atoms with Gasteiger partial charge in [0.05, 0.1) is 17.6 Å². The second-order valence-corrected chi connectivity index (χ2v) is 8.48. The van der Waals surface area contributed by atoms with Gasteiger partial charge in [-0.2, -0.15) is 9.50 Å². The molecule has 0 saturated carbocycles. The van der Waals surface area contributed by atoms with E-state index in [1.807, 2.05) is 18.2 Å². The van der Waals surface area contributed by atoms with Crippen molar-refractivity contribution in [3.63, 3.8) is 0 Å². The molecule has 1 aliphatic rings. The smallest absolute Gasteiger partial charge is 0.336 e. The Bertz CT molecular complexity index is 1200. The Hall–Kier alpha value is -2.84. The second kappa shape index (κ2) is 6.35. The SMILES string of the molecule is CC1(C)Cc2c(sc3ncn4nc(OCC(=O)c5ccccc5)nc4c23)CO1. The molecular formula is C20H18N4O3S. The van der Waals surface area contributed by atoms with Crippen molar-refractivity contribution in [2.45, 2.75) is 32.5 Å². The predicted octanol–water partition coefficient (Wildman–Crippen LogP) is 3.45. The Morgan fingerprint density at radius 1 is 1.32 bits per heavy atom. The summed E-state index contributed by atoms with van der Waals surface area (Å²) in [4.78, 5) is 23.4. The molecule has 0 aliphatic carbocycles. The van der Waals surface area contributed by atoms with Crippen LogP contribution in [0.25, 0.3) is 15.9 Å². The Kier molecular flexibility index (Phi) is 3.92. The minimum Gasteiger partial charge on any atom is -0.454 e. The third-order valence-corrected chi connectivity index (χ3v) is 5.93. The van der Waals surface area contributed by atoms with Crippen LogP contribution in [0.5, 0.6) is 6.01 Å². The summed E-state index contributed by atoms with van der Waals surface area (Å²) >= 11 is 1.63. The van der Waals surface area contributed by atoms with Crippen molar-refractivity contribution in [2.75, 3.05) is 6.61 Å². The molecular weight excluding hydrogens is 376 g/mol. The first-order chi connectivity index (χ1) is 13.5. The van der Waals surface area contributed by atoms with Crippen molar-refractivity contribution in [1.82, 2.24) is 19.6 Å². The molecule has 1 aromatic carbocycles. The molecule has 0 saturated heterocycles. The molecule has 5 rings (SSSR count). The number of aromatic nitrogens is 4. The van der Waals surface area contributed by atoms with E-state index in [1.54, 1.807) is 34.3 Å². The van der Waals surface area contributed by atoms with Crippen LogP contribution in [0.2, 0.25) is 0 Å². The average molecular weight is 394 g/mol. The summed E-state index contributed by atoms with van der Waals surface area (Å²) in [6, 6.07) is 9.21. The first-order valence-electron chi connectivity index (χ1n) is 9.01. The molecule has 1 aliphatic heterocycles. The van der Waals surface area contributed by atoms with Crippen molar-refractivity contribution >= 4 is 33.0 Å². The van der Waals surface area contributed by atoms with Crippen LogP contribution in [0.4, 0.5) is 0 Å². The summed E-state index contributed by atoms with van der Waals surface area (Å²) in [5, 5.41) is 5.33. The fourth-order valence-corrected chi connectivity index (χ4v) is 4.49. The topological polar surface area (TPSA) is 78.6 Å². The van der Waals surface area contributed by atoms with Crippen LogP contribution in [-0.4, -0.2) is 37.6 Å². The third kappa shape index (κ3) is 2.94. The fourth-order valence-electron chi connectivity index (χ4n) is 3.42. The average Bonchev–Trinajstić information content (AvgIpc) is 3.26. The van der Waals surface area contributed by atoms with Gasteiger partial charge in [-0.05, 0) is 19.4 Å². The molecule has 0 unspecified atom stereocenters. The van der Waals surface area contributed by atoms with Gasteiger partial charge in [0.1, 0.15) is 11.2 Å². The highest BCUT2D eigenvalue weighted by molar-refractivity contribution is 7.19. The summed E-state index contributed by atoms with van der Waals surface area (Å²) in [5.74, 6) is -0.116. The van der Waals surface area contributed by atoms with Gasteiger partial charge in [-0.15, -0.1) is 16.4 Å². The molecule has 0 spiro atoms. The maximum absolute atomic E-state index is 12.3. The Morgan fingerprint density at radius 3 is 2.96 bits per heavy atom. The van der Waals surface area contributed by atoms with E-state index in [0.29, 0.717) is 17.8 Å². The molecule has 0 bridgehead atoms. The van der Waals surface area contributed by atoms with Crippen LogP contribution in [-0.2, 0) is 17.8 Å². The van der Waals surface area contributed by atoms with Crippen LogP contribution in [0, 0.1) is 0 Å². The number of nitrogens with zero attached hydrogens (tertiary/aromatic N) is 4. The lowest BCUT2D eigenvalue weighted by atomic mass is 9.94. The molecule has 0 fully saturated rings. The first kappa shape index (κ1) is 17.3. The van der Waals surface area contributed by atoms with Crippen LogP contribution >= 0.6 is 11.3 Å². The molecule has 4 heterocycles. The molecule has 0 atom stereocenters. The van der Waals surface area contributed by atoms with E-state index in [9.17, 15) is 4.79 Å². The lowest BCUT2D eigenvalue weighted by Crippen LogP contribution is -2.31. The lowest BCUT2D eigenvalue weighted by molar-refractivity contribution is -0.0379. The van der Waals surface area contributed by atoms with Crippen LogP contribution in [0.3, 0.4) is 0 Å². The maximum atomic E-state index is 12.3. The highest BCUT2D eigenvalue weighted by atomic mass is 32.1. The van der Waals surface area contributed by atoms with Crippen molar-refractivity contribution in [3.05, 3.63) is 52.7 Å². The maximum Gasteiger partial charge on any atom is 0.336 e. The molecule has 142 valence electrons. The summed E-state index contributed by atoms with van der Waals surface area (Å²) < 4.78 is 13.1. The Labute approximate surface area is 164 Å². The quantitative estimate of drug-likeness (QED) is 0.493. The molecule has 7 nitrogen and oxygen atoms in total. The molecule has 0 N–H and O–H groups in total. The van der Waals surface area contributed by atoms with Gasteiger partial charge in [0.25, 0.3) is 0 Å². The molecule has 28 heavy (non-hydrogen) atoms. The summed E-state index contributed by atoms with van der Waals surface area (Å²) in [7, 11) is 0. The molecule has 0 radical (unpaired) electrons. The molecule has 8 heteroatoms. The second-order valence-electron chi connectivity index (χ2n) is 7.39. The number of ketones is 1. The van der Waals surface area contributed by atoms with Crippen LogP contribution in [0.15, 0.2) is 36.7 Å². The van der Waals surface area contributed by atoms with Crippen molar-refractivity contribution in [2.24, 2.45) is 0 Å². The van der Waals surface area contributed by atoms with E-state index in [2.05, 4.69) is 28.9 Å². The van der Waals surface area contributed by atoms with Gasteiger partial charge < -0.3 is 9.47 Å². The first-order valence-corrected chi connectivity index (χ1v) is 9.82. The number of Topliss-reactive ketones (excluding diaryl/α,β-unsaturated/α-hetero) is 1. The van der Waals surface area contributed by atoms with Crippen molar-refractivity contribution in [3.8, 4) is 6.01 Å². The number of ether oxygens (including phenoxy) is 2. The largest absolute Gasteiger partial charge is 0.454 e. The lowest BCUT2D eigenvalue weighted by Gasteiger charge is -2.30. The summed E-state index contributed by atoms with van der Waals surface area (Å²) in [6.45, 7) is 4.64. The monoisotopic (exact) mass is 394 g/mol. The van der Waals surface area contributed by atoms with E-state index in [1.165, 1.54) is 10.4 Å². The highest BCUT2D eigenvalue weighted by Crippen LogP contribution is 2.39. The Balaban J connectivity index is 1.48. The van der Waals surface area contributed by atoms with Crippen LogP contribution < -0.4 is 4.74 Å². The number of benzene rings is 1. The van der Waals surface area contributed by atoms with Gasteiger partial charge in [0.2, 0.25) is 0 Å². The molecule has 4 aromatic rings. The zero-order valence-corrected chi connectivity index (χ0v) is 16.3. The van der Waals surface area contributed by atoms with Gasteiger partial charge in [0.15, 0.2) is 18.0 Å². The molecule has 0 amide bonds. The highest BCUT2D eigenvalue weighted by Gasteiger charge is 2.30. The summed E-state index contributed by atoms with van der Waals surface area (Å²) in [5.41, 5.74) is 2.29. The zero-order chi connectivity index (χ0) is 19.3. The van der Waals surface area contributed by atoms with Gasteiger partial charge in [-0.1, -0.05) is 30.3 Å². The fraction of sp³-hybridized carbons (Fsp3) is 0.300. The van der Waals surface area contributed by atoms with Gasteiger partial charge in [0, 0.05) is 16.9 Å². The number of rotatable bonds is 4. The number of hydrogen-bond acceptors (Lipinski definition) is 7. The number of hydrogen-bond donors (Lipinski definition) is 0. The molecule has 3 aromatic heterocycles. The zero-order valence-electron chi connectivity index (χ0n) is 15.5. The predicted molar refractivity (Wildman–Crippen MR) is 105 cm³/mol.